The maximum Gasteiger partial charge on any atom is 0.319 e. The van der Waals surface area contributed by atoms with E-state index in [1.165, 1.54) is 0 Å². The number of hydrogen-bond donors (Lipinski definition) is 8. The molecule has 1 fully saturated rings. The summed E-state index contributed by atoms with van der Waals surface area (Å²) in [6.45, 7) is -0.482. The zero-order chi connectivity index (χ0) is 24.4. The van der Waals surface area contributed by atoms with Gasteiger partial charge in [0.2, 0.25) is 0 Å². The Morgan fingerprint density at radius 1 is 0.688 bits per heavy atom. The first kappa shape index (κ1) is 27.2. The molecule has 1 aliphatic heterocycles. The lowest BCUT2D eigenvalue weighted by molar-refractivity contribution is -0.177. The first-order valence-electron chi connectivity index (χ1n) is 10.0. The monoisotopic (exact) mass is 462 g/mol. The summed E-state index contributed by atoms with van der Waals surface area (Å²) in [4.78, 5) is 59.1. The molecule has 0 aromatic rings. The van der Waals surface area contributed by atoms with Gasteiger partial charge in [0, 0.05) is 12.0 Å². The molecule has 0 aliphatic carbocycles. The number of carboxylic acids is 5. The third-order valence-corrected chi connectivity index (χ3v) is 5.65. The second kappa shape index (κ2) is 12.3. The van der Waals surface area contributed by atoms with Crippen LogP contribution in [0.2, 0.25) is 0 Å². The molecule has 0 spiro atoms. The van der Waals surface area contributed by atoms with Crippen molar-refractivity contribution in [3.05, 3.63) is 0 Å². The van der Waals surface area contributed by atoms with Crippen LogP contribution in [0.1, 0.15) is 57.8 Å². The summed E-state index contributed by atoms with van der Waals surface area (Å²) in [5, 5.41) is 48.8. The summed E-state index contributed by atoms with van der Waals surface area (Å²) in [5.41, 5.74) is 3.52. The number of nitrogens with zero attached hydrogens (tertiary/aromatic N) is 1. The van der Waals surface area contributed by atoms with E-state index in [9.17, 15) is 49.5 Å². The number of hydrogen-bond acceptors (Lipinski definition) is 9. The van der Waals surface area contributed by atoms with Gasteiger partial charge in [0.25, 0.3) is 0 Å². The molecule has 14 nitrogen and oxygen atoms in total. The molecule has 0 aromatic heterocycles. The topological polar surface area (TPSA) is 226 Å². The van der Waals surface area contributed by atoms with Gasteiger partial charge in [-0.1, -0.05) is 19.3 Å². The molecular formula is C18H30N4O10. The van der Waals surface area contributed by atoms with E-state index in [4.69, 9.17) is 0 Å². The molecule has 0 bridgehead atoms. The number of hydrazine groups is 3. The van der Waals surface area contributed by atoms with Gasteiger partial charge in [-0.2, -0.15) is 11.1 Å². The van der Waals surface area contributed by atoms with Crippen molar-refractivity contribution >= 4 is 29.8 Å². The molecule has 0 radical (unpaired) electrons. The Labute approximate surface area is 183 Å². The maximum atomic E-state index is 11.9. The SMILES string of the molecule is O=C(O)CN1NNNCCCCCCC(CC(=O)O)(CC(=O)O)C1(CC(=O)O)CC(=O)O. The van der Waals surface area contributed by atoms with Crippen LogP contribution in [-0.2, 0) is 24.0 Å². The zero-order valence-electron chi connectivity index (χ0n) is 17.5. The van der Waals surface area contributed by atoms with Gasteiger partial charge >= 0.3 is 29.8 Å². The van der Waals surface area contributed by atoms with E-state index in [-0.39, 0.29) is 6.42 Å². The quantitative estimate of drug-likeness (QED) is 0.204. The fourth-order valence-corrected chi connectivity index (χ4v) is 4.43. The van der Waals surface area contributed by atoms with Crippen LogP contribution in [0.15, 0.2) is 0 Å². The van der Waals surface area contributed by atoms with Crippen LogP contribution in [0.25, 0.3) is 0 Å². The maximum absolute atomic E-state index is 11.9. The molecule has 14 heteroatoms. The second-order valence-corrected chi connectivity index (χ2v) is 7.90. The van der Waals surface area contributed by atoms with Crippen molar-refractivity contribution in [2.75, 3.05) is 13.1 Å². The molecule has 1 rings (SSSR count). The highest BCUT2D eigenvalue weighted by atomic mass is 16.4. The number of rotatable bonds is 10. The van der Waals surface area contributed by atoms with E-state index in [2.05, 4.69) is 16.5 Å². The van der Waals surface area contributed by atoms with Crippen molar-refractivity contribution in [1.29, 1.82) is 0 Å². The molecule has 32 heavy (non-hydrogen) atoms. The Morgan fingerprint density at radius 2 is 1.19 bits per heavy atom. The van der Waals surface area contributed by atoms with Gasteiger partial charge in [0.1, 0.15) is 6.54 Å². The summed E-state index contributed by atoms with van der Waals surface area (Å²) in [6, 6.07) is 0. The number of aliphatic carboxylic acids is 5. The Balaban J connectivity index is 3.87. The molecular weight excluding hydrogens is 432 g/mol. The van der Waals surface area contributed by atoms with E-state index >= 15 is 0 Å². The van der Waals surface area contributed by atoms with Gasteiger partial charge < -0.3 is 25.5 Å². The fraction of sp³-hybridized carbons (Fsp3) is 0.722. The van der Waals surface area contributed by atoms with E-state index in [1.54, 1.807) is 0 Å². The van der Waals surface area contributed by atoms with E-state index in [0.717, 1.165) is 5.01 Å². The third-order valence-electron chi connectivity index (χ3n) is 5.65. The molecule has 182 valence electrons. The summed E-state index contributed by atoms with van der Waals surface area (Å²) in [5.74, 6) is -7.46. The van der Waals surface area contributed by atoms with Crippen molar-refractivity contribution < 1.29 is 49.5 Å². The smallest absolute Gasteiger partial charge is 0.319 e. The van der Waals surface area contributed by atoms with Crippen molar-refractivity contribution in [3.63, 3.8) is 0 Å². The molecule has 1 heterocycles. The predicted octanol–water partition coefficient (Wildman–Crippen LogP) is -0.525. The second-order valence-electron chi connectivity index (χ2n) is 7.90. The normalized spacial score (nSPS) is 19.8. The van der Waals surface area contributed by atoms with Crippen LogP contribution in [0.5, 0.6) is 0 Å². The van der Waals surface area contributed by atoms with Gasteiger partial charge in [-0.15, -0.1) is 0 Å². The Hall–Kier alpha value is -2.81. The standard InChI is InChI=1S/C18H30N4O10/c23-12(24)7-17(8-13(25)26)5-3-1-2-4-6-19-20-21-22(11-16(31)32)18(17,9-14(27)28)10-15(29)30/h19-21H,1-11H2,(H,23,24)(H,25,26)(H,27,28)(H,29,30)(H,31,32). The molecule has 0 saturated carbocycles. The van der Waals surface area contributed by atoms with Gasteiger partial charge in [0.05, 0.1) is 31.2 Å². The highest BCUT2D eigenvalue weighted by Crippen LogP contribution is 2.50. The van der Waals surface area contributed by atoms with Crippen molar-refractivity contribution in [1.82, 2.24) is 21.5 Å². The molecule has 1 aliphatic rings. The first-order chi connectivity index (χ1) is 14.9. The Morgan fingerprint density at radius 3 is 1.66 bits per heavy atom. The minimum atomic E-state index is -2.23. The molecule has 0 amide bonds. The molecule has 1 saturated heterocycles. The zero-order valence-corrected chi connectivity index (χ0v) is 17.5. The van der Waals surface area contributed by atoms with Crippen LogP contribution < -0.4 is 16.5 Å². The Bertz CT molecular complexity index is 682. The van der Waals surface area contributed by atoms with Crippen LogP contribution in [-0.4, -0.2) is 79.0 Å². The van der Waals surface area contributed by atoms with Crippen molar-refractivity contribution in [3.8, 4) is 0 Å². The van der Waals surface area contributed by atoms with Crippen molar-refractivity contribution in [2.24, 2.45) is 5.41 Å². The highest BCUT2D eigenvalue weighted by molar-refractivity contribution is 5.78. The van der Waals surface area contributed by atoms with Crippen molar-refractivity contribution in [2.45, 2.75) is 63.3 Å². The summed E-state index contributed by atoms with van der Waals surface area (Å²) < 4.78 is 0. The average molecular weight is 462 g/mol. The summed E-state index contributed by atoms with van der Waals surface area (Å²) in [6.07, 6.45) is -1.62. The molecule has 0 aromatic carbocycles. The van der Waals surface area contributed by atoms with Crippen LogP contribution in [0.4, 0.5) is 0 Å². The predicted molar refractivity (Wildman–Crippen MR) is 106 cm³/mol. The lowest BCUT2D eigenvalue weighted by Crippen LogP contribution is -2.71. The fourth-order valence-electron chi connectivity index (χ4n) is 4.43. The van der Waals surface area contributed by atoms with Gasteiger partial charge in [0.15, 0.2) is 0 Å². The number of carboxylic acid groups (broad SMARTS) is 5. The van der Waals surface area contributed by atoms with E-state index in [1.807, 2.05) is 0 Å². The van der Waals surface area contributed by atoms with Crippen LogP contribution in [0.3, 0.4) is 0 Å². The third kappa shape index (κ3) is 7.71. The number of carbonyl (C=O) groups is 5. The molecule has 0 unspecified atom stereocenters. The van der Waals surface area contributed by atoms with Gasteiger partial charge in [-0.25, -0.2) is 10.4 Å². The average Bonchev–Trinajstić information content (AvgIpc) is 2.61. The first-order valence-corrected chi connectivity index (χ1v) is 10.0. The van der Waals surface area contributed by atoms with Crippen LogP contribution >= 0.6 is 0 Å². The van der Waals surface area contributed by atoms with Gasteiger partial charge in [-0.05, 0) is 12.8 Å². The van der Waals surface area contributed by atoms with Crippen LogP contribution in [0, 0.1) is 5.41 Å². The minimum Gasteiger partial charge on any atom is -0.481 e. The molecule has 8 N–H and O–H groups in total. The minimum absolute atomic E-state index is 0.128. The summed E-state index contributed by atoms with van der Waals surface area (Å²) >= 11 is 0. The van der Waals surface area contributed by atoms with Gasteiger partial charge in [-0.3, -0.25) is 24.0 Å². The largest absolute Gasteiger partial charge is 0.481 e. The lowest BCUT2D eigenvalue weighted by Gasteiger charge is -2.54. The highest BCUT2D eigenvalue weighted by Gasteiger charge is 2.59. The van der Waals surface area contributed by atoms with E-state index in [0.29, 0.717) is 32.2 Å². The lowest BCUT2D eigenvalue weighted by atomic mass is 9.59. The number of nitrogens with one attached hydrogen (secondary N) is 3. The Kier molecular flexibility index (Phi) is 10.5. The molecule has 0 atom stereocenters. The van der Waals surface area contributed by atoms with E-state index < -0.39 is 73.0 Å². The summed E-state index contributed by atoms with van der Waals surface area (Å²) in [7, 11) is 0.